The van der Waals surface area contributed by atoms with Crippen molar-refractivity contribution in [2.45, 2.75) is 20.1 Å². The number of esters is 1. The first-order chi connectivity index (χ1) is 15.0. The zero-order valence-electron chi connectivity index (χ0n) is 17.3. The monoisotopic (exact) mass is 443 g/mol. The van der Waals surface area contributed by atoms with E-state index in [-0.39, 0.29) is 18.4 Å². The first-order valence-electron chi connectivity index (χ1n) is 9.75. The van der Waals surface area contributed by atoms with Gasteiger partial charge in [-0.25, -0.2) is 9.18 Å². The Morgan fingerprint density at radius 3 is 2.52 bits per heavy atom. The lowest BCUT2D eigenvalue weighted by Crippen LogP contribution is -2.05. The first kappa shape index (κ1) is 22.4. The number of anilines is 1. The lowest BCUT2D eigenvalue weighted by Gasteiger charge is -2.15. The Hall–Kier alpha value is -3.25. The van der Waals surface area contributed by atoms with Crippen molar-refractivity contribution in [3.63, 3.8) is 0 Å². The predicted octanol–water partition coefficient (Wildman–Crippen LogP) is 5.86. The van der Waals surface area contributed by atoms with Crippen molar-refractivity contribution in [2.75, 3.05) is 19.0 Å². The molecule has 3 aromatic carbocycles. The number of rotatable bonds is 9. The molecule has 0 fully saturated rings. The molecule has 0 bridgehead atoms. The second-order valence-corrected chi connectivity index (χ2v) is 7.05. The van der Waals surface area contributed by atoms with Crippen LogP contribution < -0.4 is 14.8 Å². The van der Waals surface area contributed by atoms with E-state index in [4.69, 9.17) is 25.8 Å². The highest BCUT2D eigenvalue weighted by atomic mass is 35.5. The van der Waals surface area contributed by atoms with Crippen LogP contribution in [0.4, 0.5) is 10.1 Å². The van der Waals surface area contributed by atoms with Gasteiger partial charge in [0.25, 0.3) is 0 Å². The van der Waals surface area contributed by atoms with Gasteiger partial charge in [0.15, 0.2) is 11.5 Å². The smallest absolute Gasteiger partial charge is 0.338 e. The summed E-state index contributed by atoms with van der Waals surface area (Å²) in [5.41, 5.74) is 2.63. The topological polar surface area (TPSA) is 56.8 Å². The molecule has 0 aliphatic carbocycles. The Balaban J connectivity index is 1.67. The van der Waals surface area contributed by atoms with Crippen LogP contribution in [0.3, 0.4) is 0 Å². The van der Waals surface area contributed by atoms with E-state index in [0.717, 1.165) is 11.3 Å². The Bertz CT molecular complexity index is 1040. The number of benzene rings is 3. The molecule has 0 unspecified atom stereocenters. The third-order valence-corrected chi connectivity index (χ3v) is 4.79. The number of nitrogens with one attached hydrogen (secondary N) is 1. The highest BCUT2D eigenvalue weighted by Crippen LogP contribution is 2.37. The van der Waals surface area contributed by atoms with Crippen molar-refractivity contribution in [3.8, 4) is 11.5 Å². The summed E-state index contributed by atoms with van der Waals surface area (Å²) in [6, 6.07) is 17.0. The number of hydrogen-bond acceptors (Lipinski definition) is 5. The van der Waals surface area contributed by atoms with E-state index in [0.29, 0.717) is 40.8 Å². The average Bonchev–Trinajstić information content (AvgIpc) is 2.78. The van der Waals surface area contributed by atoms with Crippen molar-refractivity contribution in [1.29, 1.82) is 0 Å². The molecule has 1 N–H and O–H groups in total. The van der Waals surface area contributed by atoms with Crippen molar-refractivity contribution in [1.82, 2.24) is 0 Å². The Kier molecular flexibility index (Phi) is 7.73. The summed E-state index contributed by atoms with van der Waals surface area (Å²) >= 11 is 6.41. The highest BCUT2D eigenvalue weighted by Gasteiger charge is 2.14. The molecule has 0 aliphatic rings. The van der Waals surface area contributed by atoms with Gasteiger partial charge in [0, 0.05) is 17.8 Å². The van der Waals surface area contributed by atoms with Gasteiger partial charge in [0.05, 0.1) is 24.3 Å². The number of hydrogen-bond donors (Lipinski definition) is 1. The summed E-state index contributed by atoms with van der Waals surface area (Å²) in [6.07, 6.45) is 0. The fourth-order valence-corrected chi connectivity index (χ4v) is 3.21. The summed E-state index contributed by atoms with van der Waals surface area (Å²) in [5, 5.41) is 3.63. The van der Waals surface area contributed by atoms with Crippen molar-refractivity contribution >= 4 is 23.3 Å². The van der Waals surface area contributed by atoms with Crippen LogP contribution in [0.5, 0.6) is 11.5 Å². The Morgan fingerprint density at radius 1 is 1.10 bits per heavy atom. The number of carbonyl (C=O) groups excluding carboxylic acids is 1. The van der Waals surface area contributed by atoms with Crippen LogP contribution in [0, 0.1) is 5.82 Å². The zero-order valence-corrected chi connectivity index (χ0v) is 18.0. The number of carbonyl (C=O) groups is 1. The van der Waals surface area contributed by atoms with E-state index in [1.54, 1.807) is 55.5 Å². The number of halogens is 2. The molecule has 0 saturated carbocycles. The van der Waals surface area contributed by atoms with Gasteiger partial charge in [0.1, 0.15) is 12.4 Å². The molecule has 0 heterocycles. The molecule has 3 rings (SSSR count). The molecule has 31 heavy (non-hydrogen) atoms. The predicted molar refractivity (Wildman–Crippen MR) is 118 cm³/mol. The molecule has 0 aromatic heterocycles. The van der Waals surface area contributed by atoms with Gasteiger partial charge in [-0.2, -0.15) is 0 Å². The van der Waals surface area contributed by atoms with Crippen LogP contribution in [0.15, 0.2) is 60.7 Å². The molecule has 5 nitrogen and oxygen atoms in total. The van der Waals surface area contributed by atoms with E-state index in [1.165, 1.54) is 13.2 Å². The normalized spacial score (nSPS) is 10.5. The van der Waals surface area contributed by atoms with Crippen LogP contribution in [0.1, 0.15) is 28.4 Å². The van der Waals surface area contributed by atoms with Gasteiger partial charge in [-0.3, -0.25) is 0 Å². The number of methoxy groups -OCH3 is 1. The third kappa shape index (κ3) is 5.89. The lowest BCUT2D eigenvalue weighted by molar-refractivity contribution is 0.0526. The summed E-state index contributed by atoms with van der Waals surface area (Å²) in [6.45, 7) is 2.61. The van der Waals surface area contributed by atoms with Gasteiger partial charge in [0.2, 0.25) is 0 Å². The molecular weight excluding hydrogens is 421 g/mol. The minimum atomic E-state index is -0.350. The van der Waals surface area contributed by atoms with E-state index in [2.05, 4.69) is 5.32 Å². The molecule has 0 aliphatic heterocycles. The number of ether oxygens (including phenoxy) is 3. The average molecular weight is 444 g/mol. The second-order valence-electron chi connectivity index (χ2n) is 6.64. The fraction of sp³-hybridized carbons (Fsp3) is 0.208. The van der Waals surface area contributed by atoms with E-state index >= 15 is 0 Å². The van der Waals surface area contributed by atoms with Crippen molar-refractivity contribution in [2.24, 2.45) is 0 Å². The maximum atomic E-state index is 13.8. The Labute approximate surface area is 185 Å². The first-order valence-corrected chi connectivity index (χ1v) is 10.1. The molecule has 3 aromatic rings. The quantitative estimate of drug-likeness (QED) is 0.420. The molecule has 0 atom stereocenters. The van der Waals surface area contributed by atoms with Crippen LogP contribution in [-0.2, 0) is 17.9 Å². The summed E-state index contributed by atoms with van der Waals surface area (Å²) < 4.78 is 30.0. The standard InChI is InChI=1S/C24H23ClFNO4/c1-3-30-24(28)17-8-10-19(11-9-17)27-14-16-12-20(25)23(22(13-16)29-2)31-15-18-6-4-5-7-21(18)26/h4-13,27H,3,14-15H2,1-2H3. The van der Waals surface area contributed by atoms with Gasteiger partial charge < -0.3 is 19.5 Å². The molecule has 0 spiro atoms. The summed E-state index contributed by atoms with van der Waals surface area (Å²) in [4.78, 5) is 11.7. The molecule has 0 amide bonds. The van der Waals surface area contributed by atoms with E-state index in [9.17, 15) is 9.18 Å². The molecule has 162 valence electrons. The summed E-state index contributed by atoms with van der Waals surface area (Å²) in [5.74, 6) is 0.122. The largest absolute Gasteiger partial charge is 0.493 e. The lowest BCUT2D eigenvalue weighted by atomic mass is 10.1. The fourth-order valence-electron chi connectivity index (χ4n) is 2.92. The summed E-state index contributed by atoms with van der Waals surface area (Å²) in [7, 11) is 1.52. The molecular formula is C24H23ClFNO4. The third-order valence-electron chi connectivity index (χ3n) is 4.51. The van der Waals surface area contributed by atoms with Gasteiger partial charge in [-0.15, -0.1) is 0 Å². The van der Waals surface area contributed by atoms with Crippen LogP contribution >= 0.6 is 11.6 Å². The zero-order chi connectivity index (χ0) is 22.2. The SMILES string of the molecule is CCOC(=O)c1ccc(NCc2cc(Cl)c(OCc3ccccc3F)c(OC)c2)cc1. The maximum Gasteiger partial charge on any atom is 0.338 e. The molecule has 7 heteroatoms. The maximum absolute atomic E-state index is 13.8. The van der Waals surface area contributed by atoms with Crippen LogP contribution in [-0.4, -0.2) is 19.7 Å². The van der Waals surface area contributed by atoms with E-state index in [1.807, 2.05) is 6.07 Å². The highest BCUT2D eigenvalue weighted by molar-refractivity contribution is 6.32. The van der Waals surface area contributed by atoms with Gasteiger partial charge in [-0.05, 0) is 55.0 Å². The minimum absolute atomic E-state index is 0.0349. The second kappa shape index (κ2) is 10.7. The Morgan fingerprint density at radius 2 is 1.84 bits per heavy atom. The molecule has 0 radical (unpaired) electrons. The van der Waals surface area contributed by atoms with Crippen molar-refractivity contribution in [3.05, 3.63) is 88.2 Å². The van der Waals surface area contributed by atoms with Crippen LogP contribution in [0.25, 0.3) is 0 Å². The van der Waals surface area contributed by atoms with Crippen LogP contribution in [0.2, 0.25) is 5.02 Å². The van der Waals surface area contributed by atoms with Crippen molar-refractivity contribution < 1.29 is 23.4 Å². The van der Waals surface area contributed by atoms with E-state index < -0.39 is 0 Å². The molecule has 0 saturated heterocycles. The van der Waals surface area contributed by atoms with Gasteiger partial charge >= 0.3 is 5.97 Å². The minimum Gasteiger partial charge on any atom is -0.493 e. The van der Waals surface area contributed by atoms with Gasteiger partial charge in [-0.1, -0.05) is 29.8 Å².